The Morgan fingerprint density at radius 2 is 1.94 bits per heavy atom. The number of carbonyl (C=O) groups is 2. The smallest absolute Gasteiger partial charge is 0.266 e. The van der Waals surface area contributed by atoms with Crippen molar-refractivity contribution in [2.45, 2.75) is 32.2 Å². The molecule has 0 atom stereocenters. The summed E-state index contributed by atoms with van der Waals surface area (Å²) in [6.07, 6.45) is 4.71. The number of rotatable bonds is 11. The third kappa shape index (κ3) is 7.00. The van der Waals surface area contributed by atoms with Crippen LogP contribution in [0.5, 0.6) is 0 Å². The molecule has 164 valence electrons. The van der Waals surface area contributed by atoms with Crippen LogP contribution in [-0.2, 0) is 16.1 Å². The first-order chi connectivity index (χ1) is 15.1. The van der Waals surface area contributed by atoms with E-state index in [0.29, 0.717) is 35.3 Å². The summed E-state index contributed by atoms with van der Waals surface area (Å²) in [6.45, 7) is 1.37. The zero-order chi connectivity index (χ0) is 22.1. The summed E-state index contributed by atoms with van der Waals surface area (Å²) < 4.78 is 0.598. The summed E-state index contributed by atoms with van der Waals surface area (Å²) >= 11 is 8.32. The SMILES string of the molecule is O=C(CCCCCN1C(=O)C(=Cc2cccs2)SC1=S)N(CCO)Cc1ccccc1. The molecule has 1 saturated heterocycles. The summed E-state index contributed by atoms with van der Waals surface area (Å²) in [6, 6.07) is 13.7. The molecule has 1 aromatic carbocycles. The molecule has 2 aromatic rings. The Bertz CT molecular complexity index is 913. The minimum absolute atomic E-state index is 0.0311. The summed E-state index contributed by atoms with van der Waals surface area (Å²) in [5.74, 6) is 0.0128. The van der Waals surface area contributed by atoms with Crippen molar-refractivity contribution < 1.29 is 14.7 Å². The second-order valence-electron chi connectivity index (χ2n) is 7.18. The zero-order valence-corrected chi connectivity index (χ0v) is 19.7. The van der Waals surface area contributed by atoms with E-state index in [4.69, 9.17) is 12.2 Å². The van der Waals surface area contributed by atoms with Crippen molar-refractivity contribution in [1.29, 1.82) is 0 Å². The summed E-state index contributed by atoms with van der Waals surface area (Å²) in [7, 11) is 0. The first-order valence-corrected chi connectivity index (χ1v) is 12.4. The standard InChI is InChI=1S/C23H26N2O3S3/c26-14-13-24(17-18-8-3-1-4-9-18)21(27)11-5-2-6-12-25-22(28)20(31-23(25)29)16-19-10-7-15-30-19/h1,3-4,7-10,15-16,26H,2,5-6,11-14,17H2. The number of thioether (sulfide) groups is 1. The molecule has 0 aliphatic carbocycles. The lowest BCUT2D eigenvalue weighted by Gasteiger charge is -2.22. The topological polar surface area (TPSA) is 60.9 Å². The number of nitrogens with zero attached hydrogens (tertiary/aromatic N) is 2. The first kappa shape index (κ1) is 23.7. The van der Waals surface area contributed by atoms with E-state index in [1.807, 2.05) is 53.9 Å². The molecule has 5 nitrogen and oxygen atoms in total. The Morgan fingerprint density at radius 1 is 1.13 bits per heavy atom. The lowest BCUT2D eigenvalue weighted by Crippen LogP contribution is -2.33. The van der Waals surface area contributed by atoms with Gasteiger partial charge in [-0.1, -0.05) is 66.8 Å². The molecule has 8 heteroatoms. The van der Waals surface area contributed by atoms with Gasteiger partial charge in [-0.25, -0.2) is 0 Å². The molecule has 2 amide bonds. The number of aliphatic hydroxyl groups excluding tert-OH is 1. The maximum absolute atomic E-state index is 12.6. The van der Waals surface area contributed by atoms with Gasteiger partial charge in [-0.2, -0.15) is 0 Å². The second kappa shape index (κ2) is 12.1. The molecule has 2 heterocycles. The number of thiocarbonyl (C=S) groups is 1. The van der Waals surface area contributed by atoms with E-state index in [9.17, 15) is 14.7 Å². The number of amides is 2. The van der Waals surface area contributed by atoms with E-state index < -0.39 is 0 Å². The molecule has 1 fully saturated rings. The van der Waals surface area contributed by atoms with Gasteiger partial charge in [-0.15, -0.1) is 11.3 Å². The summed E-state index contributed by atoms with van der Waals surface area (Å²) in [5.41, 5.74) is 1.05. The highest BCUT2D eigenvalue weighted by Gasteiger charge is 2.31. The van der Waals surface area contributed by atoms with Gasteiger partial charge >= 0.3 is 0 Å². The van der Waals surface area contributed by atoms with Gasteiger partial charge in [-0.3, -0.25) is 14.5 Å². The highest BCUT2D eigenvalue weighted by Crippen LogP contribution is 2.33. The minimum atomic E-state index is -0.0495. The van der Waals surface area contributed by atoms with E-state index in [1.54, 1.807) is 21.1 Å². The fourth-order valence-corrected chi connectivity index (χ4v) is 5.32. The van der Waals surface area contributed by atoms with Crippen LogP contribution in [0.15, 0.2) is 52.7 Å². The van der Waals surface area contributed by atoms with Crippen molar-refractivity contribution in [2.24, 2.45) is 0 Å². The van der Waals surface area contributed by atoms with Gasteiger partial charge in [0, 0.05) is 30.9 Å². The monoisotopic (exact) mass is 474 g/mol. The maximum atomic E-state index is 12.6. The van der Waals surface area contributed by atoms with Gasteiger partial charge in [0.05, 0.1) is 11.5 Å². The lowest BCUT2D eigenvalue weighted by atomic mass is 10.1. The molecule has 0 unspecified atom stereocenters. The molecule has 0 bridgehead atoms. The number of hydrogen-bond acceptors (Lipinski definition) is 6. The van der Waals surface area contributed by atoms with Crippen molar-refractivity contribution in [2.75, 3.05) is 19.7 Å². The molecule has 0 spiro atoms. The van der Waals surface area contributed by atoms with Crippen LogP contribution in [0.2, 0.25) is 0 Å². The molecule has 31 heavy (non-hydrogen) atoms. The van der Waals surface area contributed by atoms with Crippen molar-refractivity contribution in [3.05, 3.63) is 63.2 Å². The Kier molecular flexibility index (Phi) is 9.27. The highest BCUT2D eigenvalue weighted by molar-refractivity contribution is 8.26. The fraction of sp³-hybridized carbons (Fsp3) is 0.348. The van der Waals surface area contributed by atoms with Crippen molar-refractivity contribution >= 4 is 57.5 Å². The molecule has 0 radical (unpaired) electrons. The van der Waals surface area contributed by atoms with Crippen LogP contribution in [0, 0.1) is 0 Å². The average molecular weight is 475 g/mol. The first-order valence-electron chi connectivity index (χ1n) is 10.3. The zero-order valence-electron chi connectivity index (χ0n) is 17.2. The number of aliphatic hydroxyl groups is 1. The van der Waals surface area contributed by atoms with E-state index in [0.717, 1.165) is 29.7 Å². The third-order valence-electron chi connectivity index (χ3n) is 4.90. The Hall–Kier alpha value is -2.00. The molecular weight excluding hydrogens is 448 g/mol. The van der Waals surface area contributed by atoms with Crippen LogP contribution in [0.25, 0.3) is 6.08 Å². The van der Waals surface area contributed by atoms with Crippen LogP contribution in [0.3, 0.4) is 0 Å². The van der Waals surface area contributed by atoms with Gasteiger partial charge in [0.25, 0.3) is 5.91 Å². The lowest BCUT2D eigenvalue weighted by molar-refractivity contribution is -0.132. The van der Waals surface area contributed by atoms with Crippen molar-refractivity contribution in [1.82, 2.24) is 9.80 Å². The van der Waals surface area contributed by atoms with E-state index in [1.165, 1.54) is 11.8 Å². The quantitative estimate of drug-likeness (QED) is 0.295. The van der Waals surface area contributed by atoms with Crippen molar-refractivity contribution in [3.8, 4) is 0 Å². The van der Waals surface area contributed by atoms with Gasteiger partial charge < -0.3 is 10.0 Å². The summed E-state index contributed by atoms with van der Waals surface area (Å²) in [4.78, 5) is 30.3. The maximum Gasteiger partial charge on any atom is 0.266 e. The second-order valence-corrected chi connectivity index (χ2v) is 9.84. The number of benzene rings is 1. The van der Waals surface area contributed by atoms with Gasteiger partial charge in [0.15, 0.2) is 0 Å². The Balaban J connectivity index is 1.41. The largest absolute Gasteiger partial charge is 0.395 e. The molecule has 3 rings (SSSR count). The summed E-state index contributed by atoms with van der Waals surface area (Å²) in [5, 5.41) is 11.3. The Labute approximate surface area is 196 Å². The highest BCUT2D eigenvalue weighted by atomic mass is 32.2. The molecular formula is C23H26N2O3S3. The van der Waals surface area contributed by atoms with Gasteiger partial charge in [-0.05, 0) is 35.9 Å². The predicted octanol–water partition coefficient (Wildman–Crippen LogP) is 4.53. The number of carbonyl (C=O) groups excluding carboxylic acids is 2. The predicted molar refractivity (Wildman–Crippen MR) is 132 cm³/mol. The number of hydrogen-bond donors (Lipinski definition) is 1. The van der Waals surface area contributed by atoms with E-state index in [-0.39, 0.29) is 18.4 Å². The van der Waals surface area contributed by atoms with Gasteiger partial charge in [0.1, 0.15) is 4.32 Å². The molecule has 1 aromatic heterocycles. The van der Waals surface area contributed by atoms with Gasteiger partial charge in [0.2, 0.25) is 5.91 Å². The van der Waals surface area contributed by atoms with Crippen LogP contribution in [0.1, 0.15) is 36.1 Å². The minimum Gasteiger partial charge on any atom is -0.395 e. The van der Waals surface area contributed by atoms with Crippen LogP contribution in [0.4, 0.5) is 0 Å². The van der Waals surface area contributed by atoms with Crippen molar-refractivity contribution in [3.63, 3.8) is 0 Å². The van der Waals surface area contributed by atoms with E-state index in [2.05, 4.69) is 0 Å². The average Bonchev–Trinajstić information content (AvgIpc) is 3.37. The van der Waals surface area contributed by atoms with E-state index >= 15 is 0 Å². The van der Waals surface area contributed by atoms with Crippen LogP contribution >= 0.6 is 35.3 Å². The number of unbranched alkanes of at least 4 members (excludes halogenated alkanes) is 2. The molecule has 1 aliphatic rings. The molecule has 1 aliphatic heterocycles. The normalized spacial score (nSPS) is 15.1. The Morgan fingerprint density at radius 3 is 2.65 bits per heavy atom. The number of thiophene rings is 1. The molecule has 0 saturated carbocycles. The van der Waals surface area contributed by atoms with Crippen LogP contribution in [-0.4, -0.2) is 50.7 Å². The molecule has 1 N–H and O–H groups in total. The van der Waals surface area contributed by atoms with Crippen LogP contribution < -0.4 is 0 Å². The fourth-order valence-electron chi connectivity index (χ4n) is 3.29. The third-order valence-corrected chi connectivity index (χ3v) is 7.10.